The van der Waals surface area contributed by atoms with Gasteiger partial charge in [-0.25, -0.2) is 0 Å². The summed E-state index contributed by atoms with van der Waals surface area (Å²) in [5.41, 5.74) is 0. The molecule has 0 bridgehead atoms. The molecule has 4 nitrogen and oxygen atoms in total. The number of aliphatic hydroxyl groups excluding tert-OH is 1. The fourth-order valence-corrected chi connectivity index (χ4v) is 1.40. The van der Waals surface area contributed by atoms with Gasteiger partial charge in [0.05, 0.1) is 12.7 Å². The van der Waals surface area contributed by atoms with Crippen molar-refractivity contribution < 1.29 is 14.6 Å². The van der Waals surface area contributed by atoms with E-state index in [4.69, 9.17) is 9.47 Å². The molecule has 0 aromatic heterocycles. The van der Waals surface area contributed by atoms with Gasteiger partial charge in [-0.05, 0) is 26.0 Å². The Morgan fingerprint density at radius 3 is 2.61 bits per heavy atom. The zero-order valence-electron chi connectivity index (χ0n) is 11.1. The Bertz CT molecular complexity index is 303. The van der Waals surface area contributed by atoms with Crippen LogP contribution in [0.25, 0.3) is 0 Å². The van der Waals surface area contributed by atoms with E-state index in [-0.39, 0.29) is 6.10 Å². The van der Waals surface area contributed by atoms with Gasteiger partial charge in [-0.3, -0.25) is 0 Å². The van der Waals surface area contributed by atoms with E-state index in [9.17, 15) is 5.11 Å². The first kappa shape index (κ1) is 15.0. The first-order valence-corrected chi connectivity index (χ1v) is 6.36. The lowest BCUT2D eigenvalue weighted by molar-refractivity contribution is 0.0735. The Morgan fingerprint density at radius 2 is 1.94 bits per heavy atom. The average Bonchev–Trinajstić information content (AvgIpc) is 2.37. The molecule has 0 saturated heterocycles. The molecular weight excluding hydrogens is 230 g/mol. The maximum atomic E-state index is 9.69. The fourth-order valence-electron chi connectivity index (χ4n) is 1.40. The number of aliphatic hydroxyl groups is 1. The summed E-state index contributed by atoms with van der Waals surface area (Å²) in [6.07, 6.45) is -0.262. The molecule has 0 aliphatic carbocycles. The minimum absolute atomic E-state index is 0.248. The molecule has 0 fully saturated rings. The van der Waals surface area contributed by atoms with Crippen molar-refractivity contribution in [1.29, 1.82) is 0 Å². The van der Waals surface area contributed by atoms with E-state index < -0.39 is 6.10 Å². The molecule has 0 spiro atoms. The number of nitrogens with one attached hydrogen (secondary N) is 1. The van der Waals surface area contributed by atoms with Crippen LogP contribution in [0.5, 0.6) is 5.75 Å². The molecule has 4 heteroatoms. The molecule has 18 heavy (non-hydrogen) atoms. The van der Waals surface area contributed by atoms with Crippen LogP contribution in [0.2, 0.25) is 0 Å². The monoisotopic (exact) mass is 253 g/mol. The van der Waals surface area contributed by atoms with E-state index in [0.717, 1.165) is 12.3 Å². The standard InChI is InChI=1S/C14H23NO3/c1-12(2)17-9-8-15-10-13(16)11-18-14-6-4-3-5-7-14/h3-7,12-13,15-16H,8-11H2,1-2H3. The lowest BCUT2D eigenvalue weighted by Gasteiger charge is -2.13. The Balaban J connectivity index is 2.02. The third-order valence-electron chi connectivity index (χ3n) is 2.30. The molecule has 1 unspecified atom stereocenters. The Labute approximate surface area is 109 Å². The summed E-state index contributed by atoms with van der Waals surface area (Å²) >= 11 is 0. The first-order valence-electron chi connectivity index (χ1n) is 6.36. The van der Waals surface area contributed by atoms with Crippen LogP contribution < -0.4 is 10.1 Å². The second-order valence-corrected chi connectivity index (χ2v) is 4.40. The van der Waals surface area contributed by atoms with Crippen LogP contribution in [0.4, 0.5) is 0 Å². The zero-order chi connectivity index (χ0) is 13.2. The second-order valence-electron chi connectivity index (χ2n) is 4.40. The van der Waals surface area contributed by atoms with Gasteiger partial charge in [0.2, 0.25) is 0 Å². The van der Waals surface area contributed by atoms with E-state index >= 15 is 0 Å². The van der Waals surface area contributed by atoms with Crippen molar-refractivity contribution in [2.45, 2.75) is 26.1 Å². The molecular formula is C14H23NO3. The quantitative estimate of drug-likeness (QED) is 0.654. The maximum absolute atomic E-state index is 9.69. The minimum Gasteiger partial charge on any atom is -0.491 e. The predicted molar refractivity (Wildman–Crippen MR) is 71.9 cm³/mol. The normalized spacial score (nSPS) is 12.7. The molecule has 1 aromatic carbocycles. The lowest BCUT2D eigenvalue weighted by Crippen LogP contribution is -2.33. The van der Waals surface area contributed by atoms with Crippen molar-refractivity contribution in [3.63, 3.8) is 0 Å². The van der Waals surface area contributed by atoms with E-state index in [0.29, 0.717) is 19.8 Å². The van der Waals surface area contributed by atoms with Crippen LogP contribution in [-0.2, 0) is 4.74 Å². The highest BCUT2D eigenvalue weighted by Crippen LogP contribution is 2.08. The van der Waals surface area contributed by atoms with Crippen LogP contribution in [0, 0.1) is 0 Å². The number of hydrogen-bond donors (Lipinski definition) is 2. The molecule has 0 heterocycles. The fraction of sp³-hybridized carbons (Fsp3) is 0.571. The Kier molecular flexibility index (Phi) is 7.41. The third-order valence-corrected chi connectivity index (χ3v) is 2.30. The molecule has 0 amide bonds. The van der Waals surface area contributed by atoms with E-state index in [1.54, 1.807) is 0 Å². The van der Waals surface area contributed by atoms with Crippen molar-refractivity contribution in [2.24, 2.45) is 0 Å². The van der Waals surface area contributed by atoms with Gasteiger partial charge in [-0.15, -0.1) is 0 Å². The molecule has 0 radical (unpaired) electrons. The van der Waals surface area contributed by atoms with Crippen LogP contribution >= 0.6 is 0 Å². The summed E-state index contributed by atoms with van der Waals surface area (Å²) in [6, 6.07) is 9.49. The summed E-state index contributed by atoms with van der Waals surface area (Å²) < 4.78 is 10.8. The van der Waals surface area contributed by atoms with Crippen LogP contribution in [-0.4, -0.2) is 43.6 Å². The molecule has 1 aromatic rings. The van der Waals surface area contributed by atoms with Gasteiger partial charge in [0.1, 0.15) is 18.5 Å². The second kappa shape index (κ2) is 8.91. The third kappa shape index (κ3) is 7.27. The van der Waals surface area contributed by atoms with Gasteiger partial charge in [0.15, 0.2) is 0 Å². The Morgan fingerprint density at radius 1 is 1.22 bits per heavy atom. The molecule has 1 rings (SSSR count). The van der Waals surface area contributed by atoms with Crippen LogP contribution in [0.15, 0.2) is 30.3 Å². The van der Waals surface area contributed by atoms with Gasteiger partial charge in [-0.2, -0.15) is 0 Å². The number of benzene rings is 1. The largest absolute Gasteiger partial charge is 0.491 e. The highest BCUT2D eigenvalue weighted by molar-refractivity contribution is 5.20. The number of para-hydroxylation sites is 1. The molecule has 0 aliphatic rings. The van der Waals surface area contributed by atoms with Crippen molar-refractivity contribution in [2.75, 3.05) is 26.3 Å². The van der Waals surface area contributed by atoms with E-state index in [1.807, 2.05) is 44.2 Å². The number of hydrogen-bond acceptors (Lipinski definition) is 4. The summed E-state index contributed by atoms with van der Waals surface area (Å²) in [5.74, 6) is 0.777. The number of rotatable bonds is 9. The average molecular weight is 253 g/mol. The molecule has 0 saturated carbocycles. The van der Waals surface area contributed by atoms with Crippen LogP contribution in [0.1, 0.15) is 13.8 Å². The Hall–Kier alpha value is -1.10. The van der Waals surface area contributed by atoms with Gasteiger partial charge in [0, 0.05) is 13.1 Å². The van der Waals surface area contributed by atoms with Crippen molar-refractivity contribution in [3.05, 3.63) is 30.3 Å². The summed E-state index contributed by atoms with van der Waals surface area (Å²) in [7, 11) is 0. The smallest absolute Gasteiger partial charge is 0.119 e. The molecule has 2 N–H and O–H groups in total. The molecule has 0 aliphatic heterocycles. The van der Waals surface area contributed by atoms with Crippen molar-refractivity contribution in [1.82, 2.24) is 5.32 Å². The zero-order valence-corrected chi connectivity index (χ0v) is 11.1. The van der Waals surface area contributed by atoms with Crippen molar-refractivity contribution in [3.8, 4) is 5.75 Å². The number of ether oxygens (including phenoxy) is 2. The highest BCUT2D eigenvalue weighted by Gasteiger charge is 2.04. The minimum atomic E-state index is -0.510. The predicted octanol–water partition coefficient (Wildman–Crippen LogP) is 1.44. The molecule has 102 valence electrons. The lowest BCUT2D eigenvalue weighted by atomic mass is 10.3. The maximum Gasteiger partial charge on any atom is 0.119 e. The molecule has 1 atom stereocenters. The van der Waals surface area contributed by atoms with E-state index in [1.165, 1.54) is 0 Å². The highest BCUT2D eigenvalue weighted by atomic mass is 16.5. The summed E-state index contributed by atoms with van der Waals surface area (Å²) in [5, 5.41) is 12.8. The van der Waals surface area contributed by atoms with Crippen molar-refractivity contribution >= 4 is 0 Å². The van der Waals surface area contributed by atoms with Gasteiger partial charge in [-0.1, -0.05) is 18.2 Å². The van der Waals surface area contributed by atoms with Gasteiger partial charge >= 0.3 is 0 Å². The summed E-state index contributed by atoms with van der Waals surface area (Å²) in [4.78, 5) is 0. The van der Waals surface area contributed by atoms with Crippen LogP contribution in [0.3, 0.4) is 0 Å². The van der Waals surface area contributed by atoms with E-state index in [2.05, 4.69) is 5.32 Å². The SMILES string of the molecule is CC(C)OCCNCC(O)COc1ccccc1. The topological polar surface area (TPSA) is 50.7 Å². The summed E-state index contributed by atoms with van der Waals surface area (Å²) in [6.45, 7) is 6.20. The van der Waals surface area contributed by atoms with Gasteiger partial charge < -0.3 is 19.9 Å². The first-order chi connectivity index (χ1) is 8.68. The van der Waals surface area contributed by atoms with Gasteiger partial charge in [0.25, 0.3) is 0 Å².